The number of anilines is 4. The molecule has 0 amide bonds. The lowest BCUT2D eigenvalue weighted by atomic mass is 10.2. The first-order chi connectivity index (χ1) is 10.1. The number of rotatable bonds is 6. The second-order valence-electron chi connectivity index (χ2n) is 5.18. The third-order valence-corrected chi connectivity index (χ3v) is 3.04. The summed E-state index contributed by atoms with van der Waals surface area (Å²) >= 11 is 0. The molecule has 0 aliphatic rings. The maximum Gasteiger partial charge on any atom is 0.224 e. The van der Waals surface area contributed by atoms with Crippen LogP contribution in [0.1, 0.15) is 19.0 Å². The fourth-order valence-corrected chi connectivity index (χ4v) is 2.06. The predicted molar refractivity (Wildman–Crippen MR) is 89.6 cm³/mol. The molecule has 0 spiro atoms. The van der Waals surface area contributed by atoms with Crippen LogP contribution in [0.4, 0.5) is 23.1 Å². The zero-order valence-electron chi connectivity index (χ0n) is 13.1. The number of nitrogens with one attached hydrogen (secondary N) is 2. The molecule has 1 aromatic heterocycles. The van der Waals surface area contributed by atoms with E-state index >= 15 is 0 Å². The highest BCUT2D eigenvalue weighted by Crippen LogP contribution is 2.26. The lowest BCUT2D eigenvalue weighted by molar-refractivity contribution is 0.947. The van der Waals surface area contributed by atoms with Crippen LogP contribution in [0.25, 0.3) is 0 Å². The van der Waals surface area contributed by atoms with E-state index in [0.717, 1.165) is 35.9 Å². The summed E-state index contributed by atoms with van der Waals surface area (Å²) in [5, 5.41) is 6.60. The summed E-state index contributed by atoms with van der Waals surface area (Å²) in [5.41, 5.74) is 3.09. The third kappa shape index (κ3) is 4.08. The van der Waals surface area contributed by atoms with Crippen LogP contribution in [0.5, 0.6) is 0 Å². The molecule has 2 N–H and O–H groups in total. The highest BCUT2D eigenvalue weighted by molar-refractivity contribution is 5.74. The van der Waals surface area contributed by atoms with Crippen LogP contribution in [-0.4, -0.2) is 30.6 Å². The van der Waals surface area contributed by atoms with Gasteiger partial charge in [0, 0.05) is 32.4 Å². The van der Waals surface area contributed by atoms with Crippen molar-refractivity contribution in [2.45, 2.75) is 20.3 Å². The average Bonchev–Trinajstić information content (AvgIpc) is 2.45. The predicted octanol–water partition coefficient (Wildman–Crippen LogP) is 3.42. The molecule has 5 heteroatoms. The second kappa shape index (κ2) is 6.92. The minimum atomic E-state index is 0.668. The summed E-state index contributed by atoms with van der Waals surface area (Å²) in [6, 6.07) is 10.1. The molecule has 0 aliphatic carbocycles. The van der Waals surface area contributed by atoms with Crippen LogP contribution in [-0.2, 0) is 0 Å². The molecule has 0 saturated heterocycles. The molecule has 1 heterocycles. The molecular weight excluding hydrogens is 262 g/mol. The van der Waals surface area contributed by atoms with Gasteiger partial charge in [-0.15, -0.1) is 0 Å². The highest BCUT2D eigenvalue weighted by atomic mass is 15.2. The Morgan fingerprint density at radius 3 is 2.62 bits per heavy atom. The maximum atomic E-state index is 4.51. The molecule has 112 valence electrons. The monoisotopic (exact) mass is 285 g/mol. The van der Waals surface area contributed by atoms with Crippen molar-refractivity contribution in [1.82, 2.24) is 9.97 Å². The van der Waals surface area contributed by atoms with E-state index in [1.807, 2.05) is 45.3 Å². The first-order valence-corrected chi connectivity index (χ1v) is 7.23. The summed E-state index contributed by atoms with van der Waals surface area (Å²) in [4.78, 5) is 11.0. The smallest absolute Gasteiger partial charge is 0.224 e. The Balaban J connectivity index is 2.25. The van der Waals surface area contributed by atoms with Gasteiger partial charge in [0.05, 0.1) is 11.4 Å². The van der Waals surface area contributed by atoms with Gasteiger partial charge in [0.15, 0.2) is 0 Å². The van der Waals surface area contributed by atoms with Crippen LogP contribution in [0.15, 0.2) is 30.3 Å². The number of aryl methyl sites for hydroxylation is 1. The van der Waals surface area contributed by atoms with Crippen LogP contribution in [0, 0.1) is 6.92 Å². The normalized spacial score (nSPS) is 10.3. The van der Waals surface area contributed by atoms with Gasteiger partial charge in [-0.25, -0.2) is 4.98 Å². The highest BCUT2D eigenvalue weighted by Gasteiger charge is 2.06. The van der Waals surface area contributed by atoms with Crippen molar-refractivity contribution in [3.63, 3.8) is 0 Å². The molecule has 0 aliphatic heterocycles. The molecule has 0 unspecified atom stereocenters. The minimum Gasteiger partial charge on any atom is -0.376 e. The van der Waals surface area contributed by atoms with E-state index in [9.17, 15) is 0 Å². The number of aromatic nitrogens is 2. The molecule has 2 rings (SSSR count). The molecule has 2 aromatic rings. The number of benzene rings is 1. The Hall–Kier alpha value is -2.30. The van der Waals surface area contributed by atoms with Crippen molar-refractivity contribution in [1.29, 1.82) is 0 Å². The van der Waals surface area contributed by atoms with E-state index in [-0.39, 0.29) is 0 Å². The largest absolute Gasteiger partial charge is 0.376 e. The van der Waals surface area contributed by atoms with E-state index in [1.54, 1.807) is 0 Å². The Morgan fingerprint density at radius 2 is 1.90 bits per heavy atom. The topological polar surface area (TPSA) is 53.1 Å². The fourth-order valence-electron chi connectivity index (χ4n) is 2.06. The van der Waals surface area contributed by atoms with Gasteiger partial charge in [-0.1, -0.05) is 19.1 Å². The van der Waals surface area contributed by atoms with Crippen molar-refractivity contribution in [3.05, 3.63) is 36.0 Å². The molecule has 21 heavy (non-hydrogen) atoms. The molecule has 0 bridgehead atoms. The van der Waals surface area contributed by atoms with Crippen molar-refractivity contribution in [2.24, 2.45) is 0 Å². The lowest BCUT2D eigenvalue weighted by Gasteiger charge is -2.18. The van der Waals surface area contributed by atoms with E-state index in [1.165, 1.54) is 0 Å². The van der Waals surface area contributed by atoms with Gasteiger partial charge >= 0.3 is 0 Å². The first-order valence-electron chi connectivity index (χ1n) is 7.23. The molecule has 0 atom stereocenters. The third-order valence-electron chi connectivity index (χ3n) is 3.04. The van der Waals surface area contributed by atoms with Crippen LogP contribution in [0.3, 0.4) is 0 Å². The van der Waals surface area contributed by atoms with Crippen LogP contribution < -0.4 is 15.5 Å². The molecule has 0 fully saturated rings. The van der Waals surface area contributed by atoms with Crippen molar-refractivity contribution < 1.29 is 0 Å². The summed E-state index contributed by atoms with van der Waals surface area (Å²) in [6.07, 6.45) is 1.05. The summed E-state index contributed by atoms with van der Waals surface area (Å²) in [5.74, 6) is 1.47. The number of para-hydroxylation sites is 2. The summed E-state index contributed by atoms with van der Waals surface area (Å²) in [6.45, 7) is 4.97. The number of nitrogens with zero attached hydrogens (tertiary/aromatic N) is 3. The number of hydrogen-bond donors (Lipinski definition) is 2. The van der Waals surface area contributed by atoms with Gasteiger partial charge in [0.1, 0.15) is 5.82 Å². The lowest BCUT2D eigenvalue weighted by Crippen LogP contribution is -2.11. The Labute approximate surface area is 126 Å². The van der Waals surface area contributed by atoms with Gasteiger partial charge in [0.2, 0.25) is 5.95 Å². The van der Waals surface area contributed by atoms with E-state index in [4.69, 9.17) is 0 Å². The second-order valence-corrected chi connectivity index (χ2v) is 5.18. The van der Waals surface area contributed by atoms with Gasteiger partial charge in [-0.2, -0.15) is 4.98 Å². The zero-order chi connectivity index (χ0) is 15.2. The van der Waals surface area contributed by atoms with Crippen LogP contribution >= 0.6 is 0 Å². The van der Waals surface area contributed by atoms with E-state index in [2.05, 4.69) is 38.5 Å². The maximum absolute atomic E-state index is 4.51. The molecule has 5 nitrogen and oxygen atoms in total. The summed E-state index contributed by atoms with van der Waals surface area (Å²) in [7, 11) is 4.06. The molecule has 1 aromatic carbocycles. The first kappa shape index (κ1) is 15.1. The van der Waals surface area contributed by atoms with E-state index < -0.39 is 0 Å². The molecular formula is C16H23N5. The van der Waals surface area contributed by atoms with Gasteiger partial charge in [-0.3, -0.25) is 0 Å². The number of hydrogen-bond acceptors (Lipinski definition) is 5. The van der Waals surface area contributed by atoms with Gasteiger partial charge < -0.3 is 15.5 Å². The van der Waals surface area contributed by atoms with E-state index in [0.29, 0.717) is 5.95 Å². The van der Waals surface area contributed by atoms with Crippen LogP contribution in [0.2, 0.25) is 0 Å². The van der Waals surface area contributed by atoms with Crippen molar-refractivity contribution in [2.75, 3.05) is 36.2 Å². The van der Waals surface area contributed by atoms with Gasteiger partial charge in [0.25, 0.3) is 0 Å². The Morgan fingerprint density at radius 1 is 1.14 bits per heavy atom. The SMILES string of the molecule is CCCNc1nc(C)cc(Nc2ccccc2N(C)C)n1. The summed E-state index contributed by atoms with van der Waals surface area (Å²) < 4.78 is 0. The quantitative estimate of drug-likeness (QED) is 0.851. The Kier molecular flexibility index (Phi) is 4.98. The average molecular weight is 285 g/mol. The molecule has 0 radical (unpaired) electrons. The Bertz CT molecular complexity index is 595. The van der Waals surface area contributed by atoms with Crippen molar-refractivity contribution in [3.8, 4) is 0 Å². The minimum absolute atomic E-state index is 0.668. The standard InChI is InChI=1S/C16H23N5/c1-5-10-17-16-18-12(2)11-15(20-16)19-13-8-6-7-9-14(13)21(3)4/h6-9,11H,5,10H2,1-4H3,(H2,17,18,19,20). The zero-order valence-corrected chi connectivity index (χ0v) is 13.1. The fraction of sp³-hybridized carbons (Fsp3) is 0.375. The molecule has 0 saturated carbocycles. The van der Waals surface area contributed by atoms with Gasteiger partial charge in [-0.05, 0) is 25.5 Å². The van der Waals surface area contributed by atoms with Crippen molar-refractivity contribution >= 4 is 23.1 Å².